The second kappa shape index (κ2) is 9.07. The molecule has 2 unspecified atom stereocenters. The Morgan fingerprint density at radius 3 is 2.91 bits per heavy atom. The minimum atomic E-state index is 0.0798. The molecule has 2 aliphatic rings. The molecule has 2 aliphatic heterocycles. The average Bonchev–Trinajstić information content (AvgIpc) is 3.56. The van der Waals surface area contributed by atoms with E-state index in [0.29, 0.717) is 24.9 Å². The molecule has 0 saturated carbocycles. The molecular weight excluding hydrogens is 446 g/mol. The Kier molecular flexibility index (Phi) is 5.61. The lowest BCUT2D eigenvalue weighted by Gasteiger charge is -2.24. The third kappa shape index (κ3) is 4.35. The largest absolute Gasteiger partial charge is 0.497 e. The van der Waals surface area contributed by atoms with Crippen LogP contribution in [0.2, 0.25) is 0 Å². The summed E-state index contributed by atoms with van der Waals surface area (Å²) in [7, 11) is 1.67. The van der Waals surface area contributed by atoms with Crippen molar-refractivity contribution in [3.8, 4) is 28.5 Å². The maximum absolute atomic E-state index is 6.30. The van der Waals surface area contributed by atoms with Gasteiger partial charge in [-0.2, -0.15) is 0 Å². The summed E-state index contributed by atoms with van der Waals surface area (Å²) in [4.78, 5) is 16.9. The zero-order valence-electron chi connectivity index (χ0n) is 19.5. The van der Waals surface area contributed by atoms with Crippen LogP contribution in [0.3, 0.4) is 0 Å². The molecule has 0 radical (unpaired) electrons. The number of nitrogens with one attached hydrogen (secondary N) is 1. The van der Waals surface area contributed by atoms with Crippen LogP contribution in [0.15, 0.2) is 42.6 Å². The summed E-state index contributed by atoms with van der Waals surface area (Å²) in [6.45, 7) is 2.62. The van der Waals surface area contributed by atoms with Crippen molar-refractivity contribution < 1.29 is 18.9 Å². The van der Waals surface area contributed by atoms with Crippen LogP contribution in [0.5, 0.6) is 17.2 Å². The number of imidazole rings is 1. The molecule has 35 heavy (non-hydrogen) atoms. The molecule has 0 bridgehead atoms. The molecule has 4 heterocycles. The molecule has 0 amide bonds. The van der Waals surface area contributed by atoms with Crippen molar-refractivity contribution in [3.05, 3.63) is 54.0 Å². The smallest absolute Gasteiger partial charge is 0.220 e. The average molecular weight is 474 g/mol. The summed E-state index contributed by atoms with van der Waals surface area (Å²) >= 11 is 0. The predicted molar refractivity (Wildman–Crippen MR) is 131 cm³/mol. The highest BCUT2D eigenvalue weighted by atomic mass is 16.5. The molecule has 0 spiro atoms. The second-order valence-electron chi connectivity index (χ2n) is 9.02. The fraction of sp³-hybridized carbons (Fsp3) is 0.346. The number of benzene rings is 2. The van der Waals surface area contributed by atoms with Crippen LogP contribution >= 0.6 is 0 Å². The van der Waals surface area contributed by atoms with Crippen molar-refractivity contribution in [2.75, 3.05) is 39.3 Å². The summed E-state index contributed by atoms with van der Waals surface area (Å²) in [6.07, 6.45) is 3.46. The lowest BCUT2D eigenvalue weighted by molar-refractivity contribution is 0.167. The van der Waals surface area contributed by atoms with E-state index in [0.717, 1.165) is 71.2 Å². The van der Waals surface area contributed by atoms with Crippen molar-refractivity contribution >= 4 is 17.0 Å². The number of ether oxygens (including phenoxy) is 4. The Bertz CT molecular complexity index is 1370. The lowest BCUT2D eigenvalue weighted by atomic mass is 9.96. The summed E-state index contributed by atoms with van der Waals surface area (Å²) in [5.41, 5.74) is 10.2. The van der Waals surface area contributed by atoms with Gasteiger partial charge >= 0.3 is 0 Å². The Labute approximate surface area is 202 Å². The molecule has 6 rings (SSSR count). The van der Waals surface area contributed by atoms with Crippen molar-refractivity contribution in [1.29, 1.82) is 0 Å². The van der Waals surface area contributed by atoms with E-state index < -0.39 is 0 Å². The van der Waals surface area contributed by atoms with Gasteiger partial charge in [0.15, 0.2) is 0 Å². The SMILES string of the molecule is COc1ccc2c(c1)CC(c1nc3c(OCC4CCOC4)cc(-c4ccnc(N)n4)cc3[nH]1)CO2. The molecule has 3 N–H and O–H groups in total. The van der Waals surface area contributed by atoms with Crippen LogP contribution < -0.4 is 19.9 Å². The van der Waals surface area contributed by atoms with E-state index in [4.69, 9.17) is 29.7 Å². The van der Waals surface area contributed by atoms with Crippen LogP contribution in [0.4, 0.5) is 5.95 Å². The van der Waals surface area contributed by atoms with Gasteiger partial charge in [-0.25, -0.2) is 15.0 Å². The van der Waals surface area contributed by atoms with Crippen molar-refractivity contribution in [1.82, 2.24) is 19.9 Å². The highest BCUT2D eigenvalue weighted by molar-refractivity contribution is 5.87. The number of nitrogens with zero attached hydrogens (tertiary/aromatic N) is 3. The molecule has 9 nitrogen and oxygen atoms in total. The fourth-order valence-electron chi connectivity index (χ4n) is 4.69. The maximum Gasteiger partial charge on any atom is 0.220 e. The number of H-pyrrole nitrogens is 1. The Hall–Kier alpha value is -3.85. The predicted octanol–water partition coefficient (Wildman–Crippen LogP) is 3.74. The van der Waals surface area contributed by atoms with Gasteiger partial charge in [0.25, 0.3) is 0 Å². The summed E-state index contributed by atoms with van der Waals surface area (Å²) in [5.74, 6) is 3.97. The number of rotatable bonds is 6. The normalized spacial score (nSPS) is 19.3. The number of aromatic nitrogens is 4. The van der Waals surface area contributed by atoms with Gasteiger partial charge in [0.1, 0.15) is 28.6 Å². The van der Waals surface area contributed by atoms with Gasteiger partial charge in [-0.3, -0.25) is 0 Å². The summed E-state index contributed by atoms with van der Waals surface area (Å²) in [5, 5.41) is 0. The molecular formula is C26H27N5O4. The molecule has 9 heteroatoms. The molecule has 180 valence electrons. The number of nitrogens with two attached hydrogens (primary N) is 1. The van der Waals surface area contributed by atoms with Crippen LogP contribution in [0.1, 0.15) is 23.7 Å². The lowest BCUT2D eigenvalue weighted by Crippen LogP contribution is -2.20. The van der Waals surface area contributed by atoms with Crippen LogP contribution in [-0.4, -0.2) is 53.5 Å². The fourth-order valence-corrected chi connectivity index (χ4v) is 4.69. The summed E-state index contributed by atoms with van der Waals surface area (Å²) in [6, 6.07) is 11.7. The number of hydrogen-bond donors (Lipinski definition) is 2. The van der Waals surface area contributed by atoms with E-state index in [-0.39, 0.29) is 11.9 Å². The zero-order chi connectivity index (χ0) is 23.8. The molecule has 2 aromatic heterocycles. The van der Waals surface area contributed by atoms with Gasteiger partial charge in [-0.1, -0.05) is 0 Å². The van der Waals surface area contributed by atoms with Gasteiger partial charge < -0.3 is 29.7 Å². The van der Waals surface area contributed by atoms with E-state index in [2.05, 4.69) is 15.0 Å². The zero-order valence-corrected chi connectivity index (χ0v) is 19.5. The van der Waals surface area contributed by atoms with E-state index in [1.54, 1.807) is 13.3 Å². The van der Waals surface area contributed by atoms with Gasteiger partial charge in [-0.15, -0.1) is 0 Å². The minimum Gasteiger partial charge on any atom is -0.497 e. The first-order valence-corrected chi connectivity index (χ1v) is 11.8. The van der Waals surface area contributed by atoms with E-state index in [1.807, 2.05) is 36.4 Å². The van der Waals surface area contributed by atoms with E-state index in [9.17, 15) is 0 Å². The molecule has 0 aliphatic carbocycles. The topological polar surface area (TPSA) is 117 Å². The van der Waals surface area contributed by atoms with Crippen LogP contribution in [-0.2, 0) is 11.2 Å². The monoisotopic (exact) mass is 473 g/mol. The van der Waals surface area contributed by atoms with Crippen molar-refractivity contribution in [2.24, 2.45) is 5.92 Å². The third-order valence-electron chi connectivity index (χ3n) is 6.60. The van der Waals surface area contributed by atoms with Gasteiger partial charge in [0.05, 0.1) is 44.1 Å². The number of aromatic amines is 1. The molecule has 1 fully saturated rings. The first-order valence-electron chi connectivity index (χ1n) is 11.8. The Morgan fingerprint density at radius 2 is 2.09 bits per heavy atom. The number of fused-ring (bicyclic) bond motifs is 2. The first kappa shape index (κ1) is 21.7. The standard InChI is InChI=1S/C26H27N5O4/c1-32-19-2-3-22-17(9-19)8-18(14-35-22)25-29-21-10-16(20-4-6-28-26(27)30-20)11-23(24(21)31-25)34-13-15-5-7-33-12-15/h2-4,6,9-11,15,18H,5,7-8,12-14H2,1H3,(H,29,31)(H2,27,28,30). The number of nitrogen functional groups attached to an aromatic ring is 1. The number of methoxy groups -OCH3 is 1. The van der Waals surface area contributed by atoms with Crippen LogP contribution in [0.25, 0.3) is 22.3 Å². The van der Waals surface area contributed by atoms with Crippen molar-refractivity contribution in [3.63, 3.8) is 0 Å². The van der Waals surface area contributed by atoms with Gasteiger partial charge in [-0.05, 0) is 54.8 Å². The number of hydrogen-bond acceptors (Lipinski definition) is 8. The first-order chi connectivity index (χ1) is 17.2. The number of anilines is 1. The highest BCUT2D eigenvalue weighted by Crippen LogP contribution is 2.37. The maximum atomic E-state index is 6.30. The van der Waals surface area contributed by atoms with E-state index >= 15 is 0 Å². The quantitative estimate of drug-likeness (QED) is 0.435. The van der Waals surface area contributed by atoms with E-state index in [1.165, 1.54) is 0 Å². The highest BCUT2D eigenvalue weighted by Gasteiger charge is 2.26. The molecule has 2 atom stereocenters. The molecule has 2 aromatic carbocycles. The second-order valence-corrected chi connectivity index (χ2v) is 9.02. The molecule has 1 saturated heterocycles. The Morgan fingerprint density at radius 1 is 1.14 bits per heavy atom. The van der Waals surface area contributed by atoms with Crippen LogP contribution in [0, 0.1) is 5.92 Å². The minimum absolute atomic E-state index is 0.0798. The Balaban J connectivity index is 1.36. The van der Waals surface area contributed by atoms with Gasteiger partial charge in [0.2, 0.25) is 5.95 Å². The van der Waals surface area contributed by atoms with Crippen molar-refractivity contribution in [2.45, 2.75) is 18.8 Å². The third-order valence-corrected chi connectivity index (χ3v) is 6.60. The summed E-state index contributed by atoms with van der Waals surface area (Å²) < 4.78 is 23.3. The van der Waals surface area contributed by atoms with Gasteiger partial charge in [0, 0.05) is 24.3 Å². The molecule has 4 aromatic rings.